The molecule has 0 amide bonds. The van der Waals surface area contributed by atoms with E-state index in [1.165, 1.54) is 11.1 Å². The van der Waals surface area contributed by atoms with E-state index in [0.717, 1.165) is 5.65 Å². The van der Waals surface area contributed by atoms with Crippen molar-refractivity contribution in [2.45, 2.75) is 39.5 Å². The van der Waals surface area contributed by atoms with Crippen molar-refractivity contribution in [1.29, 1.82) is 0 Å². The van der Waals surface area contributed by atoms with Gasteiger partial charge in [0.15, 0.2) is 0 Å². The monoisotopic (exact) mass is 202 g/mol. The van der Waals surface area contributed by atoms with E-state index in [1.807, 2.05) is 12.4 Å². The van der Waals surface area contributed by atoms with Crippen molar-refractivity contribution in [1.82, 2.24) is 9.38 Å². The van der Waals surface area contributed by atoms with Gasteiger partial charge in [0, 0.05) is 18.6 Å². The molecule has 0 aromatic carbocycles. The summed E-state index contributed by atoms with van der Waals surface area (Å²) in [6, 6.07) is 2.21. The number of fused-ring (bicyclic) bond motifs is 1. The van der Waals surface area contributed by atoms with E-state index in [-0.39, 0.29) is 0 Å². The molecule has 0 N–H and O–H groups in total. The minimum Gasteiger partial charge on any atom is -0.307 e. The van der Waals surface area contributed by atoms with Crippen LogP contribution in [0.15, 0.2) is 24.7 Å². The molecule has 0 aliphatic rings. The summed E-state index contributed by atoms with van der Waals surface area (Å²) in [5, 5.41) is 0. The zero-order chi connectivity index (χ0) is 11.0. The van der Waals surface area contributed by atoms with Crippen molar-refractivity contribution >= 4 is 5.65 Å². The Bertz CT molecular complexity index is 424. The van der Waals surface area contributed by atoms with Crippen molar-refractivity contribution in [3.63, 3.8) is 0 Å². The van der Waals surface area contributed by atoms with Crippen LogP contribution in [-0.4, -0.2) is 9.38 Å². The molecule has 2 aromatic rings. The Kier molecular flexibility index (Phi) is 2.51. The predicted octanol–water partition coefficient (Wildman–Crippen LogP) is 3.58. The molecule has 0 unspecified atom stereocenters. The second kappa shape index (κ2) is 3.69. The molecule has 0 saturated heterocycles. The summed E-state index contributed by atoms with van der Waals surface area (Å²) in [4.78, 5) is 4.33. The molecule has 0 bridgehead atoms. The van der Waals surface area contributed by atoms with Crippen molar-refractivity contribution in [2.75, 3.05) is 0 Å². The first kappa shape index (κ1) is 10.2. The maximum Gasteiger partial charge on any atom is 0.136 e. The van der Waals surface area contributed by atoms with Crippen LogP contribution in [0.4, 0.5) is 0 Å². The molecule has 0 aliphatic heterocycles. The first-order chi connectivity index (χ1) is 7.09. The molecule has 0 spiro atoms. The zero-order valence-electron chi connectivity index (χ0n) is 9.86. The lowest BCUT2D eigenvalue weighted by molar-refractivity contribution is 0.781. The normalized spacial score (nSPS) is 11.9. The number of rotatable bonds is 2. The highest BCUT2D eigenvalue weighted by molar-refractivity contribution is 5.46. The van der Waals surface area contributed by atoms with Gasteiger partial charge in [-0.05, 0) is 29.0 Å². The van der Waals surface area contributed by atoms with Crippen LogP contribution in [0.25, 0.3) is 5.65 Å². The predicted molar refractivity (Wildman–Crippen MR) is 63.4 cm³/mol. The van der Waals surface area contributed by atoms with Crippen molar-refractivity contribution in [3.8, 4) is 0 Å². The molecular weight excluding hydrogens is 184 g/mol. The fourth-order valence-corrected chi connectivity index (χ4v) is 1.97. The minimum absolute atomic E-state index is 0.559. The van der Waals surface area contributed by atoms with E-state index in [0.29, 0.717) is 11.8 Å². The Morgan fingerprint density at radius 2 is 1.73 bits per heavy atom. The quantitative estimate of drug-likeness (QED) is 0.727. The molecule has 2 rings (SSSR count). The van der Waals surface area contributed by atoms with Gasteiger partial charge < -0.3 is 4.40 Å². The van der Waals surface area contributed by atoms with Crippen molar-refractivity contribution < 1.29 is 0 Å². The number of imidazole rings is 1. The third-order valence-corrected chi connectivity index (χ3v) is 2.84. The molecule has 2 aromatic heterocycles. The Morgan fingerprint density at radius 3 is 2.33 bits per heavy atom. The molecule has 2 heteroatoms. The molecule has 2 heterocycles. The molecule has 80 valence electrons. The van der Waals surface area contributed by atoms with Gasteiger partial charge in [0.1, 0.15) is 5.65 Å². The van der Waals surface area contributed by atoms with Gasteiger partial charge >= 0.3 is 0 Å². The Hall–Kier alpha value is -1.31. The van der Waals surface area contributed by atoms with E-state index in [4.69, 9.17) is 0 Å². The van der Waals surface area contributed by atoms with Gasteiger partial charge in [-0.1, -0.05) is 27.7 Å². The first-order valence-electron chi connectivity index (χ1n) is 5.56. The lowest BCUT2D eigenvalue weighted by Gasteiger charge is -2.16. The lowest BCUT2D eigenvalue weighted by atomic mass is 9.92. The highest BCUT2D eigenvalue weighted by Crippen LogP contribution is 2.26. The summed E-state index contributed by atoms with van der Waals surface area (Å²) in [6.45, 7) is 8.95. The third kappa shape index (κ3) is 1.76. The summed E-state index contributed by atoms with van der Waals surface area (Å²) in [6.07, 6.45) is 6.07. The molecule has 0 atom stereocenters. The number of nitrogens with zero attached hydrogens (tertiary/aromatic N) is 2. The van der Waals surface area contributed by atoms with Crippen LogP contribution in [0.1, 0.15) is 50.7 Å². The molecule has 15 heavy (non-hydrogen) atoms. The van der Waals surface area contributed by atoms with Crippen LogP contribution in [-0.2, 0) is 0 Å². The summed E-state index contributed by atoms with van der Waals surface area (Å²) in [7, 11) is 0. The molecule has 0 saturated carbocycles. The second-order valence-electron chi connectivity index (χ2n) is 4.69. The van der Waals surface area contributed by atoms with E-state index in [1.54, 1.807) is 0 Å². The number of aromatic nitrogens is 2. The Morgan fingerprint density at radius 1 is 1.07 bits per heavy atom. The highest BCUT2D eigenvalue weighted by atomic mass is 15.0. The van der Waals surface area contributed by atoms with Gasteiger partial charge in [0.05, 0.1) is 0 Å². The van der Waals surface area contributed by atoms with E-state index in [9.17, 15) is 0 Å². The number of hydrogen-bond acceptors (Lipinski definition) is 1. The Labute approximate surface area is 91.0 Å². The zero-order valence-corrected chi connectivity index (χ0v) is 9.86. The fraction of sp³-hybridized carbons (Fsp3) is 0.462. The van der Waals surface area contributed by atoms with E-state index >= 15 is 0 Å². The SMILES string of the molecule is CC(C)c1cc2nccn2cc1C(C)C. The van der Waals surface area contributed by atoms with Crippen LogP contribution in [0.2, 0.25) is 0 Å². The minimum atomic E-state index is 0.559. The molecule has 0 fully saturated rings. The molecule has 0 radical (unpaired) electrons. The lowest BCUT2D eigenvalue weighted by Crippen LogP contribution is -2.01. The van der Waals surface area contributed by atoms with Crippen molar-refractivity contribution in [2.24, 2.45) is 0 Å². The van der Waals surface area contributed by atoms with E-state index in [2.05, 4.69) is 49.3 Å². The van der Waals surface area contributed by atoms with Crippen LogP contribution < -0.4 is 0 Å². The van der Waals surface area contributed by atoms with Gasteiger partial charge in [-0.25, -0.2) is 4.98 Å². The standard InChI is InChI=1S/C13H18N2/c1-9(2)11-7-13-14-5-6-15(13)8-12(11)10(3)4/h5-10H,1-4H3. The van der Waals surface area contributed by atoms with Gasteiger partial charge in [0.2, 0.25) is 0 Å². The van der Waals surface area contributed by atoms with Gasteiger partial charge in [-0.3, -0.25) is 0 Å². The molecular formula is C13H18N2. The average molecular weight is 202 g/mol. The fourth-order valence-electron chi connectivity index (χ4n) is 1.97. The van der Waals surface area contributed by atoms with Crippen molar-refractivity contribution in [3.05, 3.63) is 35.8 Å². The summed E-state index contributed by atoms with van der Waals surface area (Å²) in [5.74, 6) is 1.12. The summed E-state index contributed by atoms with van der Waals surface area (Å²) >= 11 is 0. The van der Waals surface area contributed by atoms with Crippen LogP contribution >= 0.6 is 0 Å². The van der Waals surface area contributed by atoms with Crippen LogP contribution in [0, 0.1) is 0 Å². The maximum atomic E-state index is 4.33. The maximum absolute atomic E-state index is 4.33. The topological polar surface area (TPSA) is 17.3 Å². The largest absolute Gasteiger partial charge is 0.307 e. The van der Waals surface area contributed by atoms with Crippen LogP contribution in [0.3, 0.4) is 0 Å². The molecule has 0 aliphatic carbocycles. The van der Waals surface area contributed by atoms with Gasteiger partial charge in [-0.15, -0.1) is 0 Å². The first-order valence-corrected chi connectivity index (χ1v) is 5.56. The smallest absolute Gasteiger partial charge is 0.136 e. The second-order valence-corrected chi connectivity index (χ2v) is 4.69. The number of hydrogen-bond donors (Lipinski definition) is 0. The third-order valence-electron chi connectivity index (χ3n) is 2.84. The van der Waals surface area contributed by atoms with Gasteiger partial charge in [-0.2, -0.15) is 0 Å². The number of pyridine rings is 1. The Balaban J connectivity index is 2.68. The summed E-state index contributed by atoms with van der Waals surface area (Å²) in [5.41, 5.74) is 3.89. The molecule has 2 nitrogen and oxygen atoms in total. The van der Waals surface area contributed by atoms with Crippen LogP contribution in [0.5, 0.6) is 0 Å². The average Bonchev–Trinajstić information content (AvgIpc) is 2.61. The van der Waals surface area contributed by atoms with E-state index < -0.39 is 0 Å². The summed E-state index contributed by atoms with van der Waals surface area (Å²) < 4.78 is 2.10. The highest BCUT2D eigenvalue weighted by Gasteiger charge is 2.11. The van der Waals surface area contributed by atoms with Gasteiger partial charge in [0.25, 0.3) is 0 Å².